The van der Waals surface area contributed by atoms with E-state index in [0.29, 0.717) is 17.6 Å². The zero-order valence-corrected chi connectivity index (χ0v) is 14.2. The van der Waals surface area contributed by atoms with E-state index in [-0.39, 0.29) is 10.8 Å². The van der Waals surface area contributed by atoms with E-state index in [2.05, 4.69) is 46.9 Å². The highest BCUT2D eigenvalue weighted by Gasteiger charge is 2.55. The third kappa shape index (κ3) is 2.67. The largest absolute Gasteiger partial charge is 0.299 e. The Labute approximate surface area is 130 Å². The summed E-state index contributed by atoms with van der Waals surface area (Å²) < 4.78 is 0. The van der Waals surface area contributed by atoms with Crippen LogP contribution in [0.15, 0.2) is 36.5 Å². The van der Waals surface area contributed by atoms with Crippen LogP contribution in [0.2, 0.25) is 0 Å². The zero-order valence-electron chi connectivity index (χ0n) is 14.2. The van der Waals surface area contributed by atoms with Crippen LogP contribution in [0.5, 0.6) is 0 Å². The lowest BCUT2D eigenvalue weighted by atomic mass is 9.47. The number of hydrogen-bond acceptors (Lipinski definition) is 1. The van der Waals surface area contributed by atoms with Crippen molar-refractivity contribution < 1.29 is 4.79 Å². The highest BCUT2D eigenvalue weighted by atomic mass is 16.1. The van der Waals surface area contributed by atoms with Crippen molar-refractivity contribution in [2.75, 3.05) is 0 Å². The third-order valence-corrected chi connectivity index (χ3v) is 6.32. The molecular formula is C20H30O. The Kier molecular flexibility index (Phi) is 4.33. The lowest BCUT2D eigenvalue weighted by Gasteiger charge is -2.57. The van der Waals surface area contributed by atoms with Gasteiger partial charge in [-0.2, -0.15) is 0 Å². The summed E-state index contributed by atoms with van der Waals surface area (Å²) in [7, 11) is 0. The Morgan fingerprint density at radius 2 is 2.00 bits per heavy atom. The second-order valence-corrected chi connectivity index (χ2v) is 7.84. The molecule has 21 heavy (non-hydrogen) atoms. The first-order chi connectivity index (χ1) is 9.73. The van der Waals surface area contributed by atoms with E-state index in [9.17, 15) is 4.79 Å². The minimum Gasteiger partial charge on any atom is -0.299 e. The Bertz CT molecular complexity index is 494. The molecule has 1 heteroatoms. The van der Waals surface area contributed by atoms with Gasteiger partial charge in [0.15, 0.2) is 0 Å². The van der Waals surface area contributed by atoms with Gasteiger partial charge in [-0.3, -0.25) is 4.79 Å². The van der Waals surface area contributed by atoms with Crippen molar-refractivity contribution in [1.82, 2.24) is 0 Å². The number of rotatable bonds is 3. The van der Waals surface area contributed by atoms with Crippen LogP contribution in [0.4, 0.5) is 0 Å². The van der Waals surface area contributed by atoms with Crippen molar-refractivity contribution in [2.45, 2.75) is 59.8 Å². The molecule has 0 bridgehead atoms. The van der Waals surface area contributed by atoms with Crippen LogP contribution in [0.1, 0.15) is 59.8 Å². The van der Waals surface area contributed by atoms with E-state index in [1.165, 1.54) is 11.1 Å². The first-order valence-corrected chi connectivity index (χ1v) is 8.23. The topological polar surface area (TPSA) is 17.1 Å². The van der Waals surface area contributed by atoms with E-state index in [4.69, 9.17) is 0 Å². The quantitative estimate of drug-likeness (QED) is 0.495. The minimum absolute atomic E-state index is 0.177. The van der Waals surface area contributed by atoms with E-state index in [0.717, 1.165) is 32.1 Å². The van der Waals surface area contributed by atoms with E-state index < -0.39 is 0 Å². The minimum atomic E-state index is -0.177. The first-order valence-electron chi connectivity index (χ1n) is 8.23. The van der Waals surface area contributed by atoms with Gasteiger partial charge in [-0.25, -0.2) is 0 Å². The van der Waals surface area contributed by atoms with Crippen molar-refractivity contribution in [1.29, 1.82) is 0 Å². The molecule has 2 aliphatic rings. The molecule has 116 valence electrons. The average molecular weight is 286 g/mol. The summed E-state index contributed by atoms with van der Waals surface area (Å²) in [4.78, 5) is 12.4. The molecule has 0 heterocycles. The third-order valence-electron chi connectivity index (χ3n) is 6.32. The van der Waals surface area contributed by atoms with Crippen molar-refractivity contribution in [3.8, 4) is 0 Å². The summed E-state index contributed by atoms with van der Waals surface area (Å²) >= 11 is 0. The molecule has 2 saturated carbocycles. The Morgan fingerprint density at radius 1 is 1.33 bits per heavy atom. The zero-order chi connectivity index (χ0) is 15.8. The fourth-order valence-electron chi connectivity index (χ4n) is 4.80. The lowest BCUT2D eigenvalue weighted by Crippen LogP contribution is -2.53. The maximum Gasteiger partial charge on any atom is 0.138 e. The molecular weight excluding hydrogens is 256 g/mol. The van der Waals surface area contributed by atoms with Crippen molar-refractivity contribution in [3.05, 3.63) is 36.5 Å². The van der Waals surface area contributed by atoms with Gasteiger partial charge in [0.2, 0.25) is 0 Å². The monoisotopic (exact) mass is 286 g/mol. The molecule has 0 unspecified atom stereocenters. The normalized spacial score (nSPS) is 36.3. The molecule has 0 amide bonds. The van der Waals surface area contributed by atoms with E-state index in [1.54, 1.807) is 0 Å². The van der Waals surface area contributed by atoms with Crippen molar-refractivity contribution in [2.24, 2.45) is 22.7 Å². The maximum absolute atomic E-state index is 12.4. The predicted octanol–water partition coefficient (Wildman–Crippen LogP) is 5.49. The molecule has 0 aliphatic heterocycles. The molecule has 0 N–H and O–H groups in total. The van der Waals surface area contributed by atoms with Gasteiger partial charge in [0, 0.05) is 11.8 Å². The van der Waals surface area contributed by atoms with Crippen LogP contribution in [0.25, 0.3) is 0 Å². The second kappa shape index (κ2) is 5.59. The number of Topliss-reactive ketones (excluding diaryl/α,β-unsaturated/α-hetero) is 1. The highest BCUT2D eigenvalue weighted by molar-refractivity contribution is 5.85. The molecule has 2 aliphatic carbocycles. The fraction of sp³-hybridized carbons (Fsp3) is 0.650. The summed E-state index contributed by atoms with van der Waals surface area (Å²) in [5.74, 6) is 1.44. The summed E-state index contributed by atoms with van der Waals surface area (Å²) in [6, 6.07) is 0. The standard InChI is InChI=1S/C20H30O/c1-7-14(2)8-10-16-15(3)9-11-17-19(4,5)18(21)12-13-20(16,17)6/h7-8,16-17H,1,3,9-13H2,2,4-6H3/b14-8-/t16-,17-,20+/m0/s1. The van der Waals surface area contributed by atoms with Crippen molar-refractivity contribution >= 4 is 5.78 Å². The first kappa shape index (κ1) is 16.3. The number of allylic oxidation sites excluding steroid dienone is 4. The van der Waals surface area contributed by atoms with E-state index in [1.807, 2.05) is 6.08 Å². The molecule has 2 rings (SSSR count). The van der Waals surface area contributed by atoms with Gasteiger partial charge in [0.05, 0.1) is 0 Å². The predicted molar refractivity (Wildman–Crippen MR) is 90.1 cm³/mol. The molecule has 0 aromatic rings. The Balaban J connectivity index is 2.34. The van der Waals surface area contributed by atoms with Gasteiger partial charge >= 0.3 is 0 Å². The second-order valence-electron chi connectivity index (χ2n) is 7.84. The van der Waals surface area contributed by atoms with Gasteiger partial charge < -0.3 is 0 Å². The van der Waals surface area contributed by atoms with Gasteiger partial charge in [-0.15, -0.1) is 0 Å². The summed E-state index contributed by atoms with van der Waals surface area (Å²) in [5.41, 5.74) is 2.65. The van der Waals surface area contributed by atoms with Crippen LogP contribution in [0, 0.1) is 22.7 Å². The molecule has 0 aromatic carbocycles. The van der Waals surface area contributed by atoms with Gasteiger partial charge in [0.1, 0.15) is 5.78 Å². The molecule has 3 atom stereocenters. The van der Waals surface area contributed by atoms with Crippen LogP contribution in [-0.2, 0) is 4.79 Å². The van der Waals surface area contributed by atoms with Crippen LogP contribution >= 0.6 is 0 Å². The molecule has 0 spiro atoms. The molecule has 2 fully saturated rings. The number of carbonyl (C=O) groups is 1. The number of ketones is 1. The number of hydrogen-bond donors (Lipinski definition) is 0. The van der Waals surface area contributed by atoms with E-state index >= 15 is 0 Å². The summed E-state index contributed by atoms with van der Waals surface area (Å²) in [6.07, 6.45) is 9.18. The lowest BCUT2D eigenvalue weighted by molar-refractivity contribution is -0.144. The van der Waals surface area contributed by atoms with Gasteiger partial charge in [-0.1, -0.05) is 57.2 Å². The molecule has 1 nitrogen and oxygen atoms in total. The Hall–Kier alpha value is -1.11. The van der Waals surface area contributed by atoms with Crippen LogP contribution in [-0.4, -0.2) is 5.78 Å². The van der Waals surface area contributed by atoms with Crippen molar-refractivity contribution in [3.63, 3.8) is 0 Å². The smallest absolute Gasteiger partial charge is 0.138 e. The number of fused-ring (bicyclic) bond motifs is 1. The fourth-order valence-corrected chi connectivity index (χ4v) is 4.80. The highest BCUT2D eigenvalue weighted by Crippen LogP contribution is 2.60. The molecule has 0 aromatic heterocycles. The SMILES string of the molecule is C=C/C(C)=C\C[C@H]1C(=C)CC[C@H]2C(C)(C)C(=O)CC[C@]12C. The maximum atomic E-state index is 12.4. The molecule has 0 saturated heterocycles. The average Bonchev–Trinajstić information content (AvgIpc) is 2.42. The van der Waals surface area contributed by atoms with Gasteiger partial charge in [-0.05, 0) is 49.9 Å². The molecule has 0 radical (unpaired) electrons. The van der Waals surface area contributed by atoms with Crippen LogP contribution in [0.3, 0.4) is 0 Å². The number of carbonyl (C=O) groups excluding carboxylic acids is 1. The van der Waals surface area contributed by atoms with Gasteiger partial charge in [0.25, 0.3) is 0 Å². The van der Waals surface area contributed by atoms with Crippen LogP contribution < -0.4 is 0 Å². The summed E-state index contributed by atoms with van der Waals surface area (Å²) in [6.45, 7) is 17.0. The summed E-state index contributed by atoms with van der Waals surface area (Å²) in [5, 5.41) is 0. The Morgan fingerprint density at radius 3 is 2.62 bits per heavy atom.